The van der Waals surface area contributed by atoms with E-state index in [1.54, 1.807) is 0 Å². The van der Waals surface area contributed by atoms with Crippen molar-refractivity contribution in [2.75, 3.05) is 13.1 Å². The molecule has 1 aromatic heterocycles. The third-order valence-electron chi connectivity index (χ3n) is 5.81. The van der Waals surface area contributed by atoms with Crippen molar-refractivity contribution in [3.63, 3.8) is 0 Å². The topological polar surface area (TPSA) is 105 Å². The maximum Gasteiger partial charge on any atom is 0.218 e. The average Bonchev–Trinajstić information content (AvgIpc) is 3.27. The van der Waals surface area contributed by atoms with E-state index in [0.29, 0.717) is 24.3 Å². The normalized spacial score (nSPS) is 13.5. The summed E-state index contributed by atoms with van der Waals surface area (Å²) in [5.74, 6) is 0.319. The maximum absolute atomic E-state index is 11.1. The summed E-state index contributed by atoms with van der Waals surface area (Å²) in [4.78, 5) is 13.4. The zero-order valence-electron chi connectivity index (χ0n) is 19.1. The number of nitriles is 1. The van der Waals surface area contributed by atoms with Gasteiger partial charge in [0.2, 0.25) is 5.91 Å². The predicted molar refractivity (Wildman–Crippen MR) is 129 cm³/mol. The first kappa shape index (κ1) is 22.9. The number of carbonyl (C=O) groups excluding carboxylic acids is 1. The Kier molecular flexibility index (Phi) is 6.72. The van der Waals surface area contributed by atoms with Gasteiger partial charge in [0.25, 0.3) is 0 Å². The van der Waals surface area contributed by atoms with E-state index < -0.39 is 0 Å². The van der Waals surface area contributed by atoms with Crippen LogP contribution in [0.3, 0.4) is 0 Å². The number of nitrogens with zero attached hydrogens (tertiary/aromatic N) is 4. The first-order valence-corrected chi connectivity index (χ1v) is 11.8. The van der Waals surface area contributed by atoms with Crippen LogP contribution in [0.1, 0.15) is 42.5 Å². The molecule has 2 N–H and O–H groups in total. The molecule has 1 aliphatic rings. The molecule has 8 heteroatoms. The molecule has 0 saturated carbocycles. The molecule has 3 aromatic rings. The third kappa shape index (κ3) is 5.05. The number of nitrogens with two attached hydrogens (primary N) is 1. The Morgan fingerprint density at radius 3 is 2.79 bits per heavy atom. The molecule has 0 aliphatic carbocycles. The highest BCUT2D eigenvalue weighted by Crippen LogP contribution is 2.36. The van der Waals surface area contributed by atoms with E-state index in [0.717, 1.165) is 40.7 Å². The number of carbonyl (C=O) groups is 1. The first-order valence-electron chi connectivity index (χ1n) is 11.0. The fourth-order valence-corrected chi connectivity index (χ4v) is 5.07. The Morgan fingerprint density at radius 1 is 1.27 bits per heavy atom. The van der Waals surface area contributed by atoms with E-state index in [9.17, 15) is 10.1 Å². The van der Waals surface area contributed by atoms with Crippen LogP contribution in [0, 0.1) is 18.3 Å². The minimum Gasteiger partial charge on any atom is -0.490 e. The molecule has 2 aromatic carbocycles. The molecule has 0 saturated heterocycles. The monoisotopic (exact) mass is 461 g/mol. The van der Waals surface area contributed by atoms with E-state index in [2.05, 4.69) is 40.2 Å². The lowest BCUT2D eigenvalue weighted by atomic mass is 9.92. The summed E-state index contributed by atoms with van der Waals surface area (Å²) in [5.41, 5.74) is 11.6. The van der Waals surface area contributed by atoms with Crippen molar-refractivity contribution in [3.8, 4) is 33.0 Å². The molecule has 4 rings (SSSR count). The van der Waals surface area contributed by atoms with E-state index in [1.807, 2.05) is 32.0 Å². The number of benzene rings is 2. The highest BCUT2D eigenvalue weighted by Gasteiger charge is 2.21. The summed E-state index contributed by atoms with van der Waals surface area (Å²) >= 11 is 1.52. The molecule has 0 unspecified atom stereocenters. The molecule has 0 bridgehead atoms. The van der Waals surface area contributed by atoms with Crippen LogP contribution in [0.15, 0.2) is 30.3 Å². The summed E-state index contributed by atoms with van der Waals surface area (Å²) in [7, 11) is 0. The lowest BCUT2D eigenvalue weighted by Crippen LogP contribution is -2.33. The molecule has 0 fully saturated rings. The van der Waals surface area contributed by atoms with Gasteiger partial charge in [-0.1, -0.05) is 23.5 Å². The predicted octanol–water partition coefficient (Wildman–Crippen LogP) is 4.07. The van der Waals surface area contributed by atoms with Gasteiger partial charge in [-0.15, -0.1) is 10.2 Å². The van der Waals surface area contributed by atoms with Gasteiger partial charge in [0.1, 0.15) is 21.8 Å². The van der Waals surface area contributed by atoms with E-state index in [4.69, 9.17) is 10.5 Å². The van der Waals surface area contributed by atoms with E-state index in [-0.39, 0.29) is 12.0 Å². The summed E-state index contributed by atoms with van der Waals surface area (Å²) < 4.78 is 5.72. The van der Waals surface area contributed by atoms with Gasteiger partial charge in [-0.05, 0) is 62.1 Å². The number of hydrogen-bond donors (Lipinski definition) is 1. The van der Waals surface area contributed by atoms with Crippen molar-refractivity contribution >= 4 is 17.2 Å². The second-order valence-corrected chi connectivity index (χ2v) is 9.50. The van der Waals surface area contributed by atoms with Gasteiger partial charge in [-0.2, -0.15) is 5.26 Å². The second-order valence-electron chi connectivity index (χ2n) is 8.52. The minimum atomic E-state index is -0.261. The molecular formula is C25H27N5O2S. The lowest BCUT2D eigenvalue weighted by Gasteiger charge is -2.30. The molecule has 33 heavy (non-hydrogen) atoms. The Balaban J connectivity index is 1.57. The van der Waals surface area contributed by atoms with Crippen LogP contribution in [0.5, 0.6) is 5.75 Å². The largest absolute Gasteiger partial charge is 0.490 e. The number of rotatable bonds is 7. The van der Waals surface area contributed by atoms with Crippen LogP contribution < -0.4 is 10.5 Å². The SMILES string of the molecule is Cc1c(-c2nnc(-c3ccc(OC(C)C)c(C#N)c3)s2)ccc2c1CCN(CCC(N)=O)C2. The molecule has 1 aliphatic heterocycles. The quantitative estimate of drug-likeness (QED) is 0.569. The summed E-state index contributed by atoms with van der Waals surface area (Å²) in [6, 6.07) is 12.0. The van der Waals surface area contributed by atoms with Crippen LogP contribution >= 0.6 is 11.3 Å². The van der Waals surface area contributed by atoms with Crippen molar-refractivity contribution in [1.82, 2.24) is 15.1 Å². The highest BCUT2D eigenvalue weighted by molar-refractivity contribution is 7.17. The first-order chi connectivity index (χ1) is 15.9. The Morgan fingerprint density at radius 2 is 2.06 bits per heavy atom. The fraction of sp³-hybridized carbons (Fsp3) is 0.360. The van der Waals surface area contributed by atoms with Crippen molar-refractivity contribution in [2.45, 2.75) is 46.3 Å². The lowest BCUT2D eigenvalue weighted by molar-refractivity contribution is -0.118. The molecule has 7 nitrogen and oxygen atoms in total. The molecule has 1 amide bonds. The van der Waals surface area contributed by atoms with Gasteiger partial charge in [-0.25, -0.2) is 0 Å². The van der Waals surface area contributed by atoms with Gasteiger partial charge in [0, 0.05) is 37.2 Å². The number of aromatic nitrogens is 2. The smallest absolute Gasteiger partial charge is 0.218 e. The number of ether oxygens (including phenoxy) is 1. The van der Waals surface area contributed by atoms with E-state index in [1.165, 1.54) is 28.0 Å². The molecular weight excluding hydrogens is 434 g/mol. The second kappa shape index (κ2) is 9.69. The van der Waals surface area contributed by atoms with Crippen molar-refractivity contribution in [3.05, 3.63) is 52.6 Å². The Bertz CT molecular complexity index is 1230. The number of primary amides is 1. The Labute approximate surface area is 197 Å². The van der Waals surface area contributed by atoms with Gasteiger partial charge in [-0.3, -0.25) is 9.69 Å². The molecule has 2 heterocycles. The molecule has 0 atom stereocenters. The number of hydrogen-bond acceptors (Lipinski definition) is 7. The molecule has 0 spiro atoms. The summed E-state index contributed by atoms with van der Waals surface area (Å²) in [5, 5.41) is 20.0. The minimum absolute atomic E-state index is 0.00158. The highest BCUT2D eigenvalue weighted by atomic mass is 32.1. The fourth-order valence-electron chi connectivity index (χ4n) is 4.15. The zero-order chi connectivity index (χ0) is 23.5. The molecule has 0 radical (unpaired) electrons. The van der Waals surface area contributed by atoms with Gasteiger partial charge in [0.15, 0.2) is 0 Å². The number of amides is 1. The van der Waals surface area contributed by atoms with Crippen LogP contribution in [0.25, 0.3) is 21.1 Å². The Hall–Kier alpha value is -3.28. The van der Waals surface area contributed by atoms with Crippen LogP contribution in [-0.2, 0) is 17.8 Å². The van der Waals surface area contributed by atoms with Crippen molar-refractivity contribution in [2.24, 2.45) is 5.73 Å². The van der Waals surface area contributed by atoms with Gasteiger partial charge >= 0.3 is 0 Å². The van der Waals surface area contributed by atoms with Crippen LogP contribution in [0.2, 0.25) is 0 Å². The van der Waals surface area contributed by atoms with E-state index >= 15 is 0 Å². The summed E-state index contributed by atoms with van der Waals surface area (Å²) in [6.45, 7) is 8.44. The average molecular weight is 462 g/mol. The number of fused-ring (bicyclic) bond motifs is 1. The van der Waals surface area contributed by atoms with Gasteiger partial charge < -0.3 is 10.5 Å². The standard InChI is InChI=1S/C25H27N5O2S/c1-15(2)32-22-7-5-17(12-19(22)13-26)24-28-29-25(33-24)21-6-4-18-14-30(11-9-23(27)31)10-8-20(18)16(21)3/h4-7,12,15H,8-11,14H2,1-3H3,(H2,27,31). The van der Waals surface area contributed by atoms with Gasteiger partial charge in [0.05, 0.1) is 11.7 Å². The summed E-state index contributed by atoms with van der Waals surface area (Å²) in [6.07, 6.45) is 1.32. The van der Waals surface area contributed by atoms with Crippen molar-refractivity contribution < 1.29 is 9.53 Å². The van der Waals surface area contributed by atoms with Crippen LogP contribution in [0.4, 0.5) is 0 Å². The van der Waals surface area contributed by atoms with Crippen LogP contribution in [-0.4, -0.2) is 40.2 Å². The zero-order valence-corrected chi connectivity index (χ0v) is 19.9. The maximum atomic E-state index is 11.1. The third-order valence-corrected chi connectivity index (χ3v) is 6.81. The molecule has 170 valence electrons. The van der Waals surface area contributed by atoms with Crippen molar-refractivity contribution in [1.29, 1.82) is 5.26 Å².